The lowest BCUT2D eigenvalue weighted by Crippen LogP contribution is -2.06. The van der Waals surface area contributed by atoms with Crippen molar-refractivity contribution >= 4 is 12.0 Å². The van der Waals surface area contributed by atoms with Gasteiger partial charge in [0.25, 0.3) is 0 Å². The van der Waals surface area contributed by atoms with Gasteiger partial charge in [0.2, 0.25) is 0 Å². The summed E-state index contributed by atoms with van der Waals surface area (Å²) in [5.74, 6) is 0.682. The van der Waals surface area contributed by atoms with Crippen LogP contribution in [0.2, 0.25) is 0 Å². The number of nitrogens with zero attached hydrogens (tertiary/aromatic N) is 1. The predicted molar refractivity (Wildman–Crippen MR) is 76.3 cm³/mol. The first-order valence-corrected chi connectivity index (χ1v) is 6.20. The van der Waals surface area contributed by atoms with Crippen molar-refractivity contribution in [2.75, 3.05) is 27.9 Å². The number of hydrogen-bond acceptors (Lipinski definition) is 6. The molecule has 0 heterocycles. The van der Waals surface area contributed by atoms with E-state index in [9.17, 15) is 4.79 Å². The molecule has 6 heteroatoms. The third kappa shape index (κ3) is 3.89. The molecule has 112 valence electrons. The fourth-order valence-corrected chi connectivity index (χ4v) is 1.66. The largest absolute Gasteiger partial charge is 0.496 e. The average molecular weight is 291 g/mol. The van der Waals surface area contributed by atoms with Gasteiger partial charge in [-0.3, -0.25) is 0 Å². The van der Waals surface area contributed by atoms with Crippen molar-refractivity contribution in [3.8, 4) is 23.3 Å². The molecule has 21 heavy (non-hydrogen) atoms. The zero-order valence-corrected chi connectivity index (χ0v) is 12.4. The van der Waals surface area contributed by atoms with Gasteiger partial charge in [-0.05, 0) is 13.0 Å². The number of ether oxygens (including phenoxy) is 4. The molecule has 1 aromatic rings. The molecule has 0 aromatic heterocycles. The minimum Gasteiger partial charge on any atom is -0.496 e. The molecule has 0 radical (unpaired) electrons. The van der Waals surface area contributed by atoms with Crippen molar-refractivity contribution < 1.29 is 23.7 Å². The minimum absolute atomic E-state index is 0.140. The lowest BCUT2D eigenvalue weighted by atomic mass is 10.1. The average Bonchev–Trinajstić information content (AvgIpc) is 2.51. The number of methoxy groups -OCH3 is 3. The van der Waals surface area contributed by atoms with Crippen LogP contribution in [0.25, 0.3) is 6.08 Å². The summed E-state index contributed by atoms with van der Waals surface area (Å²) in [6.07, 6.45) is 1.37. The van der Waals surface area contributed by atoms with E-state index in [1.165, 1.54) is 27.4 Å². The second kappa shape index (κ2) is 7.80. The highest BCUT2D eigenvalue weighted by molar-refractivity contribution is 5.98. The molecule has 0 saturated carbocycles. The van der Waals surface area contributed by atoms with Crippen LogP contribution < -0.4 is 14.2 Å². The van der Waals surface area contributed by atoms with Crippen LogP contribution in [0.15, 0.2) is 17.7 Å². The number of nitriles is 1. The van der Waals surface area contributed by atoms with Gasteiger partial charge in [0.15, 0.2) is 0 Å². The molecule has 0 saturated heterocycles. The van der Waals surface area contributed by atoms with Crippen molar-refractivity contribution in [1.82, 2.24) is 0 Å². The molecule has 0 aliphatic rings. The quantitative estimate of drug-likeness (QED) is 0.454. The Bertz CT molecular complexity index is 561. The van der Waals surface area contributed by atoms with Crippen molar-refractivity contribution in [2.45, 2.75) is 6.92 Å². The summed E-state index contributed by atoms with van der Waals surface area (Å²) >= 11 is 0. The third-order valence-corrected chi connectivity index (χ3v) is 2.66. The maximum absolute atomic E-state index is 11.7. The van der Waals surface area contributed by atoms with Crippen LogP contribution in [0.5, 0.6) is 17.2 Å². The molecule has 1 rings (SSSR count). The Morgan fingerprint density at radius 2 is 1.76 bits per heavy atom. The summed E-state index contributed by atoms with van der Waals surface area (Å²) < 4.78 is 20.5. The molecule has 0 aliphatic heterocycles. The van der Waals surface area contributed by atoms with Gasteiger partial charge in [-0.2, -0.15) is 5.26 Å². The first-order valence-electron chi connectivity index (χ1n) is 6.20. The summed E-state index contributed by atoms with van der Waals surface area (Å²) in [4.78, 5) is 11.7. The minimum atomic E-state index is -0.695. The van der Waals surface area contributed by atoms with Gasteiger partial charge in [0.1, 0.15) is 28.9 Å². The van der Waals surface area contributed by atoms with Crippen LogP contribution in [0, 0.1) is 11.3 Å². The molecule has 0 atom stereocenters. The molecule has 0 unspecified atom stereocenters. The summed E-state index contributed by atoms with van der Waals surface area (Å²) in [5.41, 5.74) is 0.323. The summed E-state index contributed by atoms with van der Waals surface area (Å²) in [6.45, 7) is 1.86. The molecule has 6 nitrogen and oxygen atoms in total. The van der Waals surface area contributed by atoms with Gasteiger partial charge in [-0.1, -0.05) is 0 Å². The fourth-order valence-electron chi connectivity index (χ4n) is 1.66. The Morgan fingerprint density at radius 3 is 2.14 bits per heavy atom. The number of esters is 1. The van der Waals surface area contributed by atoms with Gasteiger partial charge >= 0.3 is 5.97 Å². The Hall–Kier alpha value is -2.68. The maximum Gasteiger partial charge on any atom is 0.348 e. The van der Waals surface area contributed by atoms with Crippen LogP contribution in [0.1, 0.15) is 12.5 Å². The standard InChI is InChI=1S/C15H17NO5/c1-5-21-15(17)10(9-16)6-12-13(19-3)7-11(18-2)8-14(12)20-4/h6-8H,5H2,1-4H3/b10-6+. The molecule has 0 aliphatic carbocycles. The van der Waals surface area contributed by atoms with E-state index in [0.29, 0.717) is 22.8 Å². The zero-order chi connectivity index (χ0) is 15.8. The molecule has 0 spiro atoms. The van der Waals surface area contributed by atoms with Crippen LogP contribution in [-0.2, 0) is 9.53 Å². The van der Waals surface area contributed by atoms with Crippen molar-refractivity contribution in [1.29, 1.82) is 5.26 Å². The lowest BCUT2D eigenvalue weighted by molar-refractivity contribution is -0.137. The Balaban J connectivity index is 3.40. The summed E-state index contributed by atoms with van der Waals surface area (Å²) in [6, 6.07) is 5.08. The van der Waals surface area contributed by atoms with E-state index in [2.05, 4.69) is 0 Å². The highest BCUT2D eigenvalue weighted by Gasteiger charge is 2.16. The summed E-state index contributed by atoms with van der Waals surface area (Å²) in [7, 11) is 4.47. The summed E-state index contributed by atoms with van der Waals surface area (Å²) in [5, 5.41) is 9.09. The maximum atomic E-state index is 11.7. The van der Waals surface area contributed by atoms with Gasteiger partial charge in [-0.15, -0.1) is 0 Å². The molecule has 0 fully saturated rings. The third-order valence-electron chi connectivity index (χ3n) is 2.66. The van der Waals surface area contributed by atoms with Crippen LogP contribution >= 0.6 is 0 Å². The SMILES string of the molecule is CCOC(=O)/C(C#N)=C/c1c(OC)cc(OC)cc1OC. The van der Waals surface area contributed by atoms with Crippen LogP contribution in [-0.4, -0.2) is 33.9 Å². The molecular weight excluding hydrogens is 274 g/mol. The number of carbonyl (C=O) groups is 1. The van der Waals surface area contributed by atoms with Crippen molar-refractivity contribution in [3.05, 3.63) is 23.3 Å². The van der Waals surface area contributed by atoms with Gasteiger partial charge in [0, 0.05) is 12.1 Å². The number of carbonyl (C=O) groups excluding carboxylic acids is 1. The van der Waals surface area contributed by atoms with E-state index in [4.69, 9.17) is 24.2 Å². The van der Waals surface area contributed by atoms with Crippen molar-refractivity contribution in [2.24, 2.45) is 0 Å². The van der Waals surface area contributed by atoms with E-state index in [-0.39, 0.29) is 12.2 Å². The van der Waals surface area contributed by atoms with E-state index >= 15 is 0 Å². The van der Waals surface area contributed by atoms with E-state index < -0.39 is 5.97 Å². The number of rotatable bonds is 6. The smallest absolute Gasteiger partial charge is 0.348 e. The second-order valence-corrected chi connectivity index (χ2v) is 3.84. The lowest BCUT2D eigenvalue weighted by Gasteiger charge is -2.12. The van der Waals surface area contributed by atoms with Gasteiger partial charge < -0.3 is 18.9 Å². The second-order valence-electron chi connectivity index (χ2n) is 3.84. The van der Waals surface area contributed by atoms with Crippen molar-refractivity contribution in [3.63, 3.8) is 0 Å². The van der Waals surface area contributed by atoms with E-state index in [1.807, 2.05) is 6.07 Å². The highest BCUT2D eigenvalue weighted by Crippen LogP contribution is 2.35. The topological polar surface area (TPSA) is 77.8 Å². The number of benzene rings is 1. The zero-order valence-electron chi connectivity index (χ0n) is 12.4. The van der Waals surface area contributed by atoms with Gasteiger partial charge in [0.05, 0.1) is 33.5 Å². The van der Waals surface area contributed by atoms with E-state index in [0.717, 1.165) is 0 Å². The first-order chi connectivity index (χ1) is 10.1. The number of hydrogen-bond donors (Lipinski definition) is 0. The normalized spacial score (nSPS) is 10.5. The molecular formula is C15H17NO5. The monoisotopic (exact) mass is 291 g/mol. The Morgan fingerprint density at radius 1 is 1.19 bits per heavy atom. The molecule has 0 N–H and O–H groups in total. The Labute approximate surface area is 123 Å². The molecule has 1 aromatic carbocycles. The Kier molecular flexibility index (Phi) is 6.08. The highest BCUT2D eigenvalue weighted by atomic mass is 16.5. The molecule has 0 amide bonds. The molecule has 0 bridgehead atoms. The van der Waals surface area contributed by atoms with Crippen LogP contribution in [0.3, 0.4) is 0 Å². The predicted octanol–water partition coefficient (Wildman–Crippen LogP) is 2.18. The fraction of sp³-hybridized carbons (Fsp3) is 0.333. The van der Waals surface area contributed by atoms with Gasteiger partial charge in [-0.25, -0.2) is 4.79 Å². The first kappa shape index (κ1) is 16.4. The van der Waals surface area contributed by atoms with E-state index in [1.54, 1.807) is 19.1 Å². The van der Waals surface area contributed by atoms with Crippen LogP contribution in [0.4, 0.5) is 0 Å².